The Balaban J connectivity index is 1.95. The van der Waals surface area contributed by atoms with Crippen LogP contribution < -0.4 is 10.1 Å². The number of ether oxygens (including phenoxy) is 1. The van der Waals surface area contributed by atoms with E-state index in [0.717, 1.165) is 0 Å². The molecule has 2 rings (SSSR count). The number of terminal acetylenes is 1. The van der Waals surface area contributed by atoms with Gasteiger partial charge < -0.3 is 15.2 Å². The predicted octanol–water partition coefficient (Wildman–Crippen LogP) is 2.93. The molecule has 2 aromatic carbocycles. The van der Waals surface area contributed by atoms with Crippen LogP contribution in [-0.4, -0.2) is 17.6 Å². The normalized spacial score (nSPS) is 12.7. The number of anilines is 1. The zero-order valence-electron chi connectivity index (χ0n) is 13.0. The minimum Gasteiger partial charge on any atom is -0.481 e. The minimum atomic E-state index is -1.22. The lowest BCUT2D eigenvalue weighted by Gasteiger charge is -2.23. The number of benzene rings is 2. The van der Waals surface area contributed by atoms with Gasteiger partial charge in [-0.1, -0.05) is 36.3 Å². The van der Waals surface area contributed by atoms with Crippen LogP contribution >= 0.6 is 0 Å². The molecular formula is C19H19NO3. The van der Waals surface area contributed by atoms with Crippen LogP contribution in [0.1, 0.15) is 18.9 Å². The molecule has 23 heavy (non-hydrogen) atoms. The summed E-state index contributed by atoms with van der Waals surface area (Å²) in [6.45, 7) is 1.82. The van der Waals surface area contributed by atoms with Gasteiger partial charge in [0.1, 0.15) is 12.4 Å². The maximum absolute atomic E-state index is 12.1. The molecular weight excluding hydrogens is 290 g/mol. The average molecular weight is 309 g/mol. The summed E-state index contributed by atoms with van der Waals surface area (Å²) in [5.41, 5.74) is 0.112. The van der Waals surface area contributed by atoms with Gasteiger partial charge in [-0.15, -0.1) is 6.42 Å². The molecule has 4 heteroatoms. The Hall–Kier alpha value is -2.77. The maximum Gasteiger partial charge on any atom is 0.227 e. The van der Waals surface area contributed by atoms with Crippen molar-refractivity contribution >= 4 is 11.6 Å². The van der Waals surface area contributed by atoms with Crippen molar-refractivity contribution in [1.29, 1.82) is 0 Å². The van der Waals surface area contributed by atoms with Crippen molar-refractivity contribution in [2.45, 2.75) is 18.9 Å². The third-order valence-corrected chi connectivity index (χ3v) is 3.36. The number of aliphatic hydroxyl groups is 1. The molecule has 1 amide bonds. The van der Waals surface area contributed by atoms with Gasteiger partial charge in [-0.05, 0) is 36.8 Å². The number of hydrogen-bond donors (Lipinski definition) is 2. The van der Waals surface area contributed by atoms with Gasteiger partial charge in [-0.25, -0.2) is 0 Å². The summed E-state index contributed by atoms with van der Waals surface area (Å²) in [7, 11) is 0. The predicted molar refractivity (Wildman–Crippen MR) is 90.0 cm³/mol. The van der Waals surface area contributed by atoms with E-state index < -0.39 is 5.60 Å². The van der Waals surface area contributed by atoms with Gasteiger partial charge >= 0.3 is 0 Å². The first-order chi connectivity index (χ1) is 11.0. The largest absolute Gasteiger partial charge is 0.481 e. The summed E-state index contributed by atoms with van der Waals surface area (Å²) in [5, 5.41) is 13.2. The molecule has 118 valence electrons. The Morgan fingerprint density at radius 2 is 1.87 bits per heavy atom. The van der Waals surface area contributed by atoms with Crippen molar-refractivity contribution in [1.82, 2.24) is 0 Å². The zero-order valence-corrected chi connectivity index (χ0v) is 13.0. The fourth-order valence-corrected chi connectivity index (χ4v) is 2.18. The number of amides is 1. The van der Waals surface area contributed by atoms with E-state index in [1.54, 1.807) is 43.3 Å². The number of hydrogen-bond acceptors (Lipinski definition) is 3. The summed E-state index contributed by atoms with van der Waals surface area (Å²) < 4.78 is 5.26. The van der Waals surface area contributed by atoms with E-state index in [2.05, 4.69) is 11.2 Å². The highest BCUT2D eigenvalue weighted by atomic mass is 16.5. The van der Waals surface area contributed by atoms with Gasteiger partial charge in [0.05, 0.1) is 12.0 Å². The van der Waals surface area contributed by atoms with E-state index in [9.17, 15) is 9.90 Å². The Morgan fingerprint density at radius 1 is 1.22 bits per heavy atom. The number of carbonyl (C=O) groups is 1. The van der Waals surface area contributed by atoms with Gasteiger partial charge in [0, 0.05) is 5.69 Å². The lowest BCUT2D eigenvalue weighted by molar-refractivity contribution is -0.120. The van der Waals surface area contributed by atoms with Crippen LogP contribution in [0.2, 0.25) is 0 Å². The lowest BCUT2D eigenvalue weighted by atomic mass is 9.92. The summed E-state index contributed by atoms with van der Waals surface area (Å²) in [5.74, 6) is 2.75. The number of rotatable bonds is 6. The third-order valence-electron chi connectivity index (χ3n) is 3.36. The Bertz CT molecular complexity index is 685. The van der Waals surface area contributed by atoms with Gasteiger partial charge in [0.25, 0.3) is 0 Å². The molecule has 0 radical (unpaired) electrons. The zero-order chi connectivity index (χ0) is 16.7. The number of carbonyl (C=O) groups excluding carboxylic acids is 1. The fourth-order valence-electron chi connectivity index (χ4n) is 2.18. The maximum atomic E-state index is 12.1. The van der Waals surface area contributed by atoms with E-state index >= 15 is 0 Å². The average Bonchev–Trinajstić information content (AvgIpc) is 2.54. The molecule has 0 bridgehead atoms. The van der Waals surface area contributed by atoms with Crippen molar-refractivity contribution in [2.75, 3.05) is 11.9 Å². The van der Waals surface area contributed by atoms with Gasteiger partial charge in [0.2, 0.25) is 5.91 Å². The highest BCUT2D eigenvalue weighted by Crippen LogP contribution is 2.25. The molecule has 1 unspecified atom stereocenters. The molecule has 0 heterocycles. The van der Waals surface area contributed by atoms with Crippen molar-refractivity contribution in [3.8, 4) is 18.1 Å². The second-order valence-electron chi connectivity index (χ2n) is 5.38. The first kappa shape index (κ1) is 16.6. The third kappa shape index (κ3) is 4.87. The van der Waals surface area contributed by atoms with Crippen LogP contribution in [0.4, 0.5) is 5.69 Å². The monoisotopic (exact) mass is 309 g/mol. The van der Waals surface area contributed by atoms with Gasteiger partial charge in [-0.3, -0.25) is 4.79 Å². The van der Waals surface area contributed by atoms with Gasteiger partial charge in [0.15, 0.2) is 0 Å². The van der Waals surface area contributed by atoms with E-state index in [-0.39, 0.29) is 18.9 Å². The molecule has 4 nitrogen and oxygen atoms in total. The number of nitrogens with one attached hydrogen (secondary N) is 1. The highest BCUT2D eigenvalue weighted by Gasteiger charge is 2.26. The van der Waals surface area contributed by atoms with Crippen LogP contribution in [0.25, 0.3) is 0 Å². The molecule has 0 aliphatic heterocycles. The summed E-state index contributed by atoms with van der Waals surface area (Å²) in [4.78, 5) is 12.1. The van der Waals surface area contributed by atoms with E-state index in [1.807, 2.05) is 18.2 Å². The molecule has 0 spiro atoms. The van der Waals surface area contributed by atoms with Gasteiger partial charge in [-0.2, -0.15) is 0 Å². The molecule has 0 aliphatic rings. The van der Waals surface area contributed by atoms with Crippen LogP contribution in [0.15, 0.2) is 54.6 Å². The summed E-state index contributed by atoms with van der Waals surface area (Å²) >= 11 is 0. The molecule has 0 aromatic heterocycles. The van der Waals surface area contributed by atoms with E-state index in [4.69, 9.17) is 11.2 Å². The topological polar surface area (TPSA) is 58.6 Å². The first-order valence-corrected chi connectivity index (χ1v) is 7.25. The molecule has 2 N–H and O–H groups in total. The Labute approximate surface area is 136 Å². The minimum absolute atomic E-state index is 0.0354. The molecule has 0 fully saturated rings. The van der Waals surface area contributed by atoms with Crippen molar-refractivity contribution < 1.29 is 14.6 Å². The van der Waals surface area contributed by atoms with Crippen LogP contribution in [0, 0.1) is 12.3 Å². The van der Waals surface area contributed by atoms with Crippen molar-refractivity contribution in [3.63, 3.8) is 0 Å². The Kier molecular flexibility index (Phi) is 5.40. The second-order valence-corrected chi connectivity index (χ2v) is 5.38. The quantitative estimate of drug-likeness (QED) is 0.807. The summed E-state index contributed by atoms with van der Waals surface area (Å²) in [6.07, 6.45) is 5.09. The molecule has 2 aromatic rings. The van der Waals surface area contributed by atoms with Crippen LogP contribution in [-0.2, 0) is 10.4 Å². The smallest absolute Gasteiger partial charge is 0.227 e. The highest BCUT2D eigenvalue weighted by molar-refractivity contribution is 5.91. The second kappa shape index (κ2) is 7.48. The Morgan fingerprint density at radius 3 is 2.48 bits per heavy atom. The molecule has 0 aliphatic carbocycles. The van der Waals surface area contributed by atoms with Crippen molar-refractivity contribution in [3.05, 3.63) is 60.2 Å². The van der Waals surface area contributed by atoms with E-state index in [0.29, 0.717) is 17.0 Å². The molecule has 0 saturated heterocycles. The first-order valence-electron chi connectivity index (χ1n) is 7.25. The lowest BCUT2D eigenvalue weighted by Crippen LogP contribution is -2.28. The SMILES string of the molecule is C#CCOc1ccc(NC(=O)CC(C)(O)c2ccccc2)cc1. The standard InChI is InChI=1S/C19H19NO3/c1-3-13-23-17-11-9-16(10-12-17)20-18(21)14-19(2,22)15-7-5-4-6-8-15/h1,4-12,22H,13-14H2,2H3,(H,20,21). The molecule has 0 saturated carbocycles. The van der Waals surface area contributed by atoms with E-state index in [1.165, 1.54) is 0 Å². The fraction of sp³-hybridized carbons (Fsp3) is 0.211. The van der Waals surface area contributed by atoms with Crippen molar-refractivity contribution in [2.24, 2.45) is 0 Å². The van der Waals surface area contributed by atoms with Crippen LogP contribution in [0.3, 0.4) is 0 Å². The summed E-state index contributed by atoms with van der Waals surface area (Å²) in [6, 6.07) is 16.0. The van der Waals surface area contributed by atoms with Crippen LogP contribution in [0.5, 0.6) is 5.75 Å². The molecule has 1 atom stereocenters.